The van der Waals surface area contributed by atoms with Crippen LogP contribution in [0, 0.1) is 5.92 Å². The van der Waals surface area contributed by atoms with E-state index >= 15 is 0 Å². The molecule has 1 aromatic rings. The van der Waals surface area contributed by atoms with Gasteiger partial charge in [-0.3, -0.25) is 0 Å². The van der Waals surface area contributed by atoms with Gasteiger partial charge in [-0.05, 0) is 52.8 Å². The van der Waals surface area contributed by atoms with Gasteiger partial charge < -0.3 is 4.90 Å². The monoisotopic (exact) mass is 352 g/mol. The van der Waals surface area contributed by atoms with E-state index in [0.717, 1.165) is 26.1 Å². The van der Waals surface area contributed by atoms with Crippen molar-refractivity contribution in [3.63, 3.8) is 0 Å². The zero-order chi connectivity index (χ0) is 13.2. The highest BCUT2D eigenvalue weighted by Gasteiger charge is 2.24. The molecule has 1 saturated heterocycles. The van der Waals surface area contributed by atoms with Crippen LogP contribution in [0.5, 0.6) is 0 Å². The predicted molar refractivity (Wildman–Crippen MR) is 77.4 cm³/mol. The van der Waals surface area contributed by atoms with Crippen molar-refractivity contribution in [2.45, 2.75) is 17.6 Å². The van der Waals surface area contributed by atoms with Crippen molar-refractivity contribution < 1.29 is 8.42 Å². The highest BCUT2D eigenvalue weighted by atomic mass is 79.9. The molecule has 0 saturated carbocycles. The number of hydrogen-bond donors (Lipinski definition) is 1. The van der Waals surface area contributed by atoms with Gasteiger partial charge in [0.1, 0.15) is 4.21 Å². The maximum absolute atomic E-state index is 12.1. The molecule has 4 nitrogen and oxygen atoms in total. The molecule has 7 heteroatoms. The van der Waals surface area contributed by atoms with Crippen LogP contribution >= 0.6 is 27.3 Å². The van der Waals surface area contributed by atoms with Crippen molar-refractivity contribution in [2.24, 2.45) is 5.92 Å². The van der Waals surface area contributed by atoms with Crippen LogP contribution in [0.2, 0.25) is 0 Å². The summed E-state index contributed by atoms with van der Waals surface area (Å²) in [5, 5.41) is 1.77. The van der Waals surface area contributed by atoms with Gasteiger partial charge >= 0.3 is 0 Å². The molecule has 0 aromatic carbocycles. The molecule has 102 valence electrons. The van der Waals surface area contributed by atoms with Crippen molar-refractivity contribution >= 4 is 37.3 Å². The van der Waals surface area contributed by atoms with E-state index in [0.29, 0.717) is 21.1 Å². The van der Waals surface area contributed by atoms with Crippen molar-refractivity contribution in [3.8, 4) is 0 Å². The number of likely N-dealkylation sites (tertiary alicyclic amines) is 1. The second-order valence-electron chi connectivity index (χ2n) is 4.46. The van der Waals surface area contributed by atoms with Gasteiger partial charge in [0.2, 0.25) is 0 Å². The lowest BCUT2D eigenvalue weighted by Gasteiger charge is -2.13. The van der Waals surface area contributed by atoms with Gasteiger partial charge in [0.15, 0.2) is 0 Å². The van der Waals surface area contributed by atoms with Crippen LogP contribution < -0.4 is 4.72 Å². The molecule has 0 spiro atoms. The van der Waals surface area contributed by atoms with E-state index in [-0.39, 0.29) is 0 Å². The minimum Gasteiger partial charge on any atom is -0.303 e. The molecule has 1 aromatic heterocycles. The molecule has 0 radical (unpaired) electrons. The van der Waals surface area contributed by atoms with E-state index in [1.54, 1.807) is 11.4 Å². The van der Waals surface area contributed by atoms with E-state index in [2.05, 4.69) is 32.5 Å². The lowest BCUT2D eigenvalue weighted by Crippen LogP contribution is -2.30. The molecular weight excluding hydrogens is 336 g/mol. The Bertz CT molecular complexity index is 501. The number of hydrogen-bond acceptors (Lipinski definition) is 4. The first-order valence-electron chi connectivity index (χ1n) is 5.98. The second-order valence-corrected chi connectivity index (χ2v) is 8.19. The third-order valence-electron chi connectivity index (χ3n) is 3.21. The lowest BCUT2D eigenvalue weighted by atomic mass is 10.1. The summed E-state index contributed by atoms with van der Waals surface area (Å²) in [6.07, 6.45) is 1.07. The fourth-order valence-corrected chi connectivity index (χ4v) is 5.63. The number of nitrogens with zero attached hydrogens (tertiary/aromatic N) is 1. The summed E-state index contributed by atoms with van der Waals surface area (Å²) in [4.78, 5) is 2.35. The second kappa shape index (κ2) is 6.00. The van der Waals surface area contributed by atoms with Crippen LogP contribution in [-0.2, 0) is 10.0 Å². The van der Waals surface area contributed by atoms with E-state index in [1.165, 1.54) is 11.3 Å². The molecule has 1 aliphatic rings. The van der Waals surface area contributed by atoms with Crippen molar-refractivity contribution in [3.05, 3.63) is 15.9 Å². The number of thiophene rings is 1. The minimum absolute atomic E-state index is 0.368. The zero-order valence-electron chi connectivity index (χ0n) is 10.2. The Morgan fingerprint density at radius 3 is 2.94 bits per heavy atom. The van der Waals surface area contributed by atoms with Crippen molar-refractivity contribution in [1.29, 1.82) is 0 Å². The van der Waals surface area contributed by atoms with Crippen LogP contribution in [-0.4, -0.2) is 39.5 Å². The van der Waals surface area contributed by atoms with Gasteiger partial charge in [0.05, 0.1) is 0 Å². The SMILES string of the molecule is CCN1CCC(CNS(=O)(=O)c2sccc2Br)C1. The fourth-order valence-electron chi connectivity index (χ4n) is 2.13. The smallest absolute Gasteiger partial charge is 0.251 e. The van der Waals surface area contributed by atoms with Crippen molar-refractivity contribution in [2.75, 3.05) is 26.2 Å². The summed E-state index contributed by atoms with van der Waals surface area (Å²) in [5.74, 6) is 0.429. The van der Waals surface area contributed by atoms with Crippen LogP contribution in [0.4, 0.5) is 0 Å². The van der Waals surface area contributed by atoms with E-state index < -0.39 is 10.0 Å². The third-order valence-corrected chi connectivity index (χ3v) is 7.30. The predicted octanol–water partition coefficient (Wildman–Crippen LogP) is 2.13. The Hall–Kier alpha value is 0.0500. The Balaban J connectivity index is 1.93. The molecule has 2 rings (SSSR count). The maximum Gasteiger partial charge on any atom is 0.251 e. The zero-order valence-corrected chi connectivity index (χ0v) is 13.4. The molecule has 1 fully saturated rings. The molecule has 2 heterocycles. The van der Waals surface area contributed by atoms with Gasteiger partial charge in [-0.2, -0.15) is 0 Å². The molecule has 1 aliphatic heterocycles. The molecule has 18 heavy (non-hydrogen) atoms. The Labute approximate surface area is 121 Å². The third kappa shape index (κ3) is 3.33. The van der Waals surface area contributed by atoms with Crippen LogP contribution in [0.25, 0.3) is 0 Å². The minimum atomic E-state index is -3.36. The van der Waals surface area contributed by atoms with Crippen LogP contribution in [0.3, 0.4) is 0 Å². The van der Waals surface area contributed by atoms with E-state index in [9.17, 15) is 8.42 Å². The highest BCUT2D eigenvalue weighted by molar-refractivity contribution is 9.10. The van der Waals surface area contributed by atoms with Gasteiger partial charge in [0.25, 0.3) is 10.0 Å². The van der Waals surface area contributed by atoms with Crippen LogP contribution in [0.15, 0.2) is 20.1 Å². The first kappa shape index (κ1) is 14.5. The molecular formula is C11H17BrN2O2S2. The van der Waals surface area contributed by atoms with E-state index in [1.807, 2.05) is 0 Å². The summed E-state index contributed by atoms with van der Waals surface area (Å²) in [6.45, 7) is 5.77. The molecule has 1 N–H and O–H groups in total. The summed E-state index contributed by atoms with van der Waals surface area (Å²) in [6, 6.07) is 1.76. The largest absolute Gasteiger partial charge is 0.303 e. The standard InChI is InChI=1S/C11H17BrN2O2S2/c1-2-14-5-3-9(8-14)7-13-18(15,16)11-10(12)4-6-17-11/h4,6,9,13H,2-3,5,7-8H2,1H3. The molecule has 1 atom stereocenters. The van der Waals surface area contributed by atoms with Crippen LogP contribution in [0.1, 0.15) is 13.3 Å². The fraction of sp³-hybridized carbons (Fsp3) is 0.636. The summed E-state index contributed by atoms with van der Waals surface area (Å²) < 4.78 is 27.9. The van der Waals surface area contributed by atoms with Gasteiger partial charge in [-0.1, -0.05) is 6.92 Å². The molecule has 0 bridgehead atoms. The number of halogens is 1. The quantitative estimate of drug-likeness (QED) is 0.882. The highest BCUT2D eigenvalue weighted by Crippen LogP contribution is 2.27. The molecule has 1 unspecified atom stereocenters. The first-order valence-corrected chi connectivity index (χ1v) is 9.13. The number of nitrogens with one attached hydrogen (secondary N) is 1. The van der Waals surface area contributed by atoms with Crippen molar-refractivity contribution in [1.82, 2.24) is 9.62 Å². The van der Waals surface area contributed by atoms with E-state index in [4.69, 9.17) is 0 Å². The first-order chi connectivity index (χ1) is 8.53. The van der Waals surface area contributed by atoms with Gasteiger partial charge in [-0.25, -0.2) is 13.1 Å². The maximum atomic E-state index is 12.1. The lowest BCUT2D eigenvalue weighted by molar-refractivity contribution is 0.342. The topological polar surface area (TPSA) is 49.4 Å². The van der Waals surface area contributed by atoms with Gasteiger partial charge in [-0.15, -0.1) is 11.3 Å². The summed E-state index contributed by atoms with van der Waals surface area (Å²) >= 11 is 4.50. The molecule has 0 aliphatic carbocycles. The Morgan fingerprint density at radius 2 is 2.39 bits per heavy atom. The number of sulfonamides is 1. The average molecular weight is 353 g/mol. The Kier molecular flexibility index (Phi) is 4.82. The Morgan fingerprint density at radius 1 is 1.61 bits per heavy atom. The average Bonchev–Trinajstić information content (AvgIpc) is 2.95. The van der Waals surface area contributed by atoms with Gasteiger partial charge in [0, 0.05) is 17.6 Å². The normalized spacial score (nSPS) is 21.6. The number of rotatable bonds is 5. The molecule has 0 amide bonds. The summed E-state index contributed by atoms with van der Waals surface area (Å²) in [7, 11) is -3.36. The summed E-state index contributed by atoms with van der Waals surface area (Å²) in [5.41, 5.74) is 0.